The molecule has 5 nitrogen and oxygen atoms in total. The van der Waals surface area contributed by atoms with Crippen LogP contribution in [0.15, 0.2) is 28.5 Å². The number of fused-ring (bicyclic) bond motifs is 2. The van der Waals surface area contributed by atoms with E-state index in [4.69, 9.17) is 16.7 Å². The Morgan fingerprint density at radius 1 is 1.33 bits per heavy atom. The molecule has 132 valence electrons. The number of halogens is 1. The molecule has 2 saturated carbocycles. The molecule has 0 aromatic carbocycles. The first-order valence-corrected chi connectivity index (χ1v) is 10.7. The van der Waals surface area contributed by atoms with Gasteiger partial charge in [-0.25, -0.2) is 17.9 Å². The summed E-state index contributed by atoms with van der Waals surface area (Å²) < 4.78 is 29.0. The minimum atomic E-state index is -3.66. The maximum absolute atomic E-state index is 12.7. The molecule has 1 aromatic rings. The number of aliphatic carboxylic acids is 1. The molecule has 0 radical (unpaired) electrons. The van der Waals surface area contributed by atoms with Crippen molar-refractivity contribution in [2.75, 3.05) is 0 Å². The van der Waals surface area contributed by atoms with Crippen molar-refractivity contribution in [1.29, 1.82) is 0 Å². The molecule has 1 heterocycles. The van der Waals surface area contributed by atoms with Gasteiger partial charge in [-0.1, -0.05) is 30.5 Å². The number of carboxylic acid groups (broad SMARTS) is 1. The van der Waals surface area contributed by atoms with Crippen molar-refractivity contribution in [3.8, 4) is 0 Å². The van der Waals surface area contributed by atoms with E-state index in [0.717, 1.165) is 55.9 Å². The molecule has 3 rings (SSSR count). The molecule has 0 aliphatic heterocycles. The molecule has 2 N–H and O–H groups in total. The van der Waals surface area contributed by atoms with Crippen LogP contribution in [0.5, 0.6) is 0 Å². The zero-order valence-corrected chi connectivity index (χ0v) is 15.5. The van der Waals surface area contributed by atoms with Crippen LogP contribution in [-0.2, 0) is 14.8 Å². The molecule has 0 saturated heterocycles. The number of hydrogen-bond donors (Lipinski definition) is 2. The lowest BCUT2D eigenvalue weighted by molar-refractivity contribution is -0.131. The summed E-state index contributed by atoms with van der Waals surface area (Å²) in [5.74, 6) is -0.750. The summed E-state index contributed by atoms with van der Waals surface area (Å²) in [6.07, 6.45) is 8.45. The van der Waals surface area contributed by atoms with Crippen molar-refractivity contribution < 1.29 is 18.3 Å². The summed E-state index contributed by atoms with van der Waals surface area (Å²) in [4.78, 5) is 11.0. The molecule has 0 spiro atoms. The second-order valence-corrected chi connectivity index (χ2v) is 10.3. The summed E-state index contributed by atoms with van der Waals surface area (Å²) >= 11 is 6.90. The molecule has 2 bridgehead atoms. The van der Waals surface area contributed by atoms with Crippen LogP contribution >= 0.6 is 22.9 Å². The third kappa shape index (κ3) is 3.54. The number of hydrogen-bond acceptors (Lipinski definition) is 4. The zero-order valence-electron chi connectivity index (χ0n) is 13.1. The fourth-order valence-corrected chi connectivity index (χ4v) is 6.98. The molecule has 3 atom stereocenters. The van der Waals surface area contributed by atoms with Crippen LogP contribution in [0.1, 0.15) is 38.5 Å². The van der Waals surface area contributed by atoms with Crippen LogP contribution in [0.3, 0.4) is 0 Å². The van der Waals surface area contributed by atoms with Gasteiger partial charge in [0.2, 0.25) is 10.0 Å². The zero-order chi connectivity index (χ0) is 17.4. The summed E-state index contributed by atoms with van der Waals surface area (Å²) in [7, 11) is -3.66. The molecule has 0 amide bonds. The van der Waals surface area contributed by atoms with Gasteiger partial charge in [-0.3, -0.25) is 0 Å². The minimum Gasteiger partial charge on any atom is -0.478 e. The van der Waals surface area contributed by atoms with E-state index in [9.17, 15) is 13.2 Å². The SMILES string of the molecule is O=C(O)C=CC12CCCCC(CC1)C2NS(=O)(=O)c1ccc(Cl)s1. The van der Waals surface area contributed by atoms with E-state index in [2.05, 4.69) is 4.72 Å². The Morgan fingerprint density at radius 3 is 2.79 bits per heavy atom. The standard InChI is InChI=1S/C16H20ClNO4S2/c17-12-4-5-14(23-12)24(21,22)18-15-11-3-1-2-8-16(15,9-6-11)10-7-13(19)20/h4-5,7,10-11,15,18H,1-3,6,8-9H2,(H,19,20). The van der Waals surface area contributed by atoms with Gasteiger partial charge in [0.05, 0.1) is 4.34 Å². The van der Waals surface area contributed by atoms with Gasteiger partial charge in [-0.2, -0.15) is 0 Å². The second-order valence-electron chi connectivity index (χ2n) is 6.61. The maximum Gasteiger partial charge on any atom is 0.327 e. The fraction of sp³-hybridized carbons (Fsp3) is 0.562. The lowest BCUT2D eigenvalue weighted by Gasteiger charge is -2.33. The average Bonchev–Trinajstić information content (AvgIpc) is 3.01. The van der Waals surface area contributed by atoms with E-state index in [1.807, 2.05) is 0 Å². The van der Waals surface area contributed by atoms with Gasteiger partial charge in [0, 0.05) is 17.5 Å². The molecule has 1 aromatic heterocycles. The van der Waals surface area contributed by atoms with E-state index in [1.165, 1.54) is 6.07 Å². The Labute approximate surface area is 150 Å². The number of sulfonamides is 1. The monoisotopic (exact) mass is 389 g/mol. The number of carboxylic acids is 1. The second kappa shape index (κ2) is 6.78. The van der Waals surface area contributed by atoms with E-state index >= 15 is 0 Å². The van der Waals surface area contributed by atoms with Gasteiger partial charge in [0.1, 0.15) is 4.21 Å². The molecule has 2 aliphatic rings. The Morgan fingerprint density at radius 2 is 2.12 bits per heavy atom. The predicted octanol–water partition coefficient (Wildman–Crippen LogP) is 3.66. The van der Waals surface area contributed by atoms with Crippen LogP contribution in [0.2, 0.25) is 4.34 Å². The summed E-state index contributed by atoms with van der Waals surface area (Å²) in [5, 5.41) is 9.00. The Kier molecular flexibility index (Phi) is 5.06. The fourth-order valence-electron chi connectivity index (χ4n) is 4.09. The third-order valence-corrected chi connectivity index (χ3v) is 8.36. The molecular formula is C16H20ClNO4S2. The van der Waals surface area contributed by atoms with Gasteiger partial charge < -0.3 is 5.11 Å². The van der Waals surface area contributed by atoms with Crippen LogP contribution in [0.25, 0.3) is 0 Å². The highest BCUT2D eigenvalue weighted by molar-refractivity contribution is 7.91. The molecule has 3 unspecified atom stereocenters. The number of rotatable bonds is 5. The van der Waals surface area contributed by atoms with Crippen molar-refractivity contribution in [1.82, 2.24) is 4.72 Å². The number of thiophene rings is 1. The molecule has 2 fully saturated rings. The highest BCUT2D eigenvalue weighted by atomic mass is 35.5. The first-order chi connectivity index (χ1) is 11.3. The van der Waals surface area contributed by atoms with Gasteiger partial charge in [0.25, 0.3) is 0 Å². The van der Waals surface area contributed by atoms with E-state index in [-0.39, 0.29) is 16.2 Å². The van der Waals surface area contributed by atoms with Crippen LogP contribution < -0.4 is 4.72 Å². The Hall–Kier alpha value is -0.890. The molecule has 8 heteroatoms. The van der Waals surface area contributed by atoms with Crippen molar-refractivity contribution in [2.24, 2.45) is 11.3 Å². The summed E-state index contributed by atoms with van der Waals surface area (Å²) in [6.45, 7) is 0. The lowest BCUT2D eigenvalue weighted by atomic mass is 9.78. The minimum absolute atomic E-state index is 0.202. The summed E-state index contributed by atoms with van der Waals surface area (Å²) in [5.41, 5.74) is -0.409. The lowest BCUT2D eigenvalue weighted by Crippen LogP contribution is -2.46. The van der Waals surface area contributed by atoms with Crippen molar-refractivity contribution >= 4 is 38.9 Å². The number of carbonyl (C=O) groups is 1. The Balaban J connectivity index is 1.92. The van der Waals surface area contributed by atoms with Crippen LogP contribution in [-0.4, -0.2) is 25.5 Å². The van der Waals surface area contributed by atoms with Crippen molar-refractivity contribution in [3.05, 3.63) is 28.6 Å². The van der Waals surface area contributed by atoms with E-state index in [0.29, 0.717) is 4.34 Å². The molecule has 24 heavy (non-hydrogen) atoms. The predicted molar refractivity (Wildman–Crippen MR) is 93.8 cm³/mol. The first kappa shape index (κ1) is 17.9. The van der Waals surface area contributed by atoms with Gasteiger partial charge >= 0.3 is 5.97 Å². The number of nitrogens with one attached hydrogen (secondary N) is 1. The highest BCUT2D eigenvalue weighted by Gasteiger charge is 2.49. The third-order valence-electron chi connectivity index (χ3n) is 5.19. The summed E-state index contributed by atoms with van der Waals surface area (Å²) in [6, 6.07) is 2.82. The quantitative estimate of drug-likeness (QED) is 0.752. The van der Waals surface area contributed by atoms with E-state index < -0.39 is 21.4 Å². The van der Waals surface area contributed by atoms with Crippen LogP contribution in [0.4, 0.5) is 0 Å². The van der Waals surface area contributed by atoms with Crippen molar-refractivity contribution in [3.63, 3.8) is 0 Å². The van der Waals surface area contributed by atoms with Gasteiger partial charge in [0.15, 0.2) is 0 Å². The Bertz CT molecular complexity index is 758. The topological polar surface area (TPSA) is 83.5 Å². The molecular weight excluding hydrogens is 370 g/mol. The normalized spacial score (nSPS) is 30.5. The smallest absolute Gasteiger partial charge is 0.327 e. The highest BCUT2D eigenvalue weighted by Crippen LogP contribution is 2.51. The first-order valence-electron chi connectivity index (χ1n) is 8.02. The van der Waals surface area contributed by atoms with E-state index in [1.54, 1.807) is 12.1 Å². The maximum atomic E-state index is 12.7. The largest absolute Gasteiger partial charge is 0.478 e. The average molecular weight is 390 g/mol. The van der Waals surface area contributed by atoms with Crippen molar-refractivity contribution in [2.45, 2.75) is 48.8 Å². The molecule has 2 aliphatic carbocycles. The van der Waals surface area contributed by atoms with Crippen LogP contribution in [0, 0.1) is 11.3 Å². The van der Waals surface area contributed by atoms with Gasteiger partial charge in [-0.15, -0.1) is 11.3 Å². The van der Waals surface area contributed by atoms with Gasteiger partial charge in [-0.05, 0) is 43.7 Å².